The van der Waals surface area contributed by atoms with Gasteiger partial charge >= 0.3 is 0 Å². The van der Waals surface area contributed by atoms with Gasteiger partial charge in [0, 0.05) is 25.6 Å². The summed E-state index contributed by atoms with van der Waals surface area (Å²) in [5.74, 6) is 0.304. The molecule has 2 rings (SSSR count). The second-order valence-corrected chi connectivity index (χ2v) is 6.41. The van der Waals surface area contributed by atoms with Gasteiger partial charge in [-0.15, -0.1) is 0 Å². The highest BCUT2D eigenvalue weighted by molar-refractivity contribution is 5.91. The van der Waals surface area contributed by atoms with Crippen molar-refractivity contribution < 1.29 is 14.3 Å². The quantitative estimate of drug-likeness (QED) is 0.688. The van der Waals surface area contributed by atoms with Crippen LogP contribution in [-0.4, -0.2) is 66.9 Å². The second kappa shape index (κ2) is 7.18. The average Bonchev–Trinajstić information content (AvgIpc) is 2.76. The zero-order valence-corrected chi connectivity index (χ0v) is 13.2. The summed E-state index contributed by atoms with van der Waals surface area (Å²) in [6.45, 7) is 6.22. The maximum atomic E-state index is 12.3. The van der Waals surface area contributed by atoms with Gasteiger partial charge in [-0.2, -0.15) is 0 Å². The third-order valence-electron chi connectivity index (χ3n) is 4.07. The van der Waals surface area contributed by atoms with E-state index in [1.54, 1.807) is 6.08 Å². The van der Waals surface area contributed by atoms with Gasteiger partial charge in [0.25, 0.3) is 0 Å². The van der Waals surface area contributed by atoms with Crippen LogP contribution in [0.3, 0.4) is 0 Å². The molecule has 2 heterocycles. The minimum absolute atomic E-state index is 0.0250. The van der Waals surface area contributed by atoms with Crippen LogP contribution in [0, 0.1) is 5.92 Å². The van der Waals surface area contributed by atoms with Crippen LogP contribution >= 0.6 is 0 Å². The van der Waals surface area contributed by atoms with Gasteiger partial charge in [0.15, 0.2) is 5.78 Å². The van der Waals surface area contributed by atoms with E-state index in [9.17, 15) is 9.59 Å². The third-order valence-corrected chi connectivity index (χ3v) is 4.07. The fraction of sp³-hybridized carbons (Fsp3) is 0.750. The third kappa shape index (κ3) is 4.64. The molecule has 2 unspecified atom stereocenters. The Morgan fingerprint density at radius 3 is 2.48 bits per heavy atom. The molecule has 0 aromatic carbocycles. The molecule has 0 spiro atoms. The molecule has 0 radical (unpaired) electrons. The lowest BCUT2D eigenvalue weighted by Crippen LogP contribution is -2.48. The van der Waals surface area contributed by atoms with Crippen molar-refractivity contribution in [1.29, 1.82) is 0 Å². The number of fused-ring (bicyclic) bond motifs is 2. The van der Waals surface area contributed by atoms with Gasteiger partial charge in [0.05, 0.1) is 18.8 Å². The summed E-state index contributed by atoms with van der Waals surface area (Å²) in [6.07, 6.45) is 6.07. The van der Waals surface area contributed by atoms with Crippen molar-refractivity contribution in [3.63, 3.8) is 0 Å². The van der Waals surface area contributed by atoms with Crippen LogP contribution in [0.2, 0.25) is 0 Å². The molecule has 0 N–H and O–H groups in total. The lowest BCUT2D eigenvalue weighted by Gasteiger charge is -2.33. The van der Waals surface area contributed by atoms with Gasteiger partial charge in [-0.25, -0.2) is 0 Å². The lowest BCUT2D eigenvalue weighted by atomic mass is 10.1. The van der Waals surface area contributed by atoms with E-state index in [1.807, 2.05) is 36.8 Å². The molecular formula is C16H26N2O3. The molecule has 2 bridgehead atoms. The molecule has 2 saturated heterocycles. The largest absolute Gasteiger partial charge is 0.371 e. The zero-order chi connectivity index (χ0) is 15.4. The first-order chi connectivity index (χ1) is 9.95. The van der Waals surface area contributed by atoms with Crippen LogP contribution in [0.1, 0.15) is 26.7 Å². The van der Waals surface area contributed by atoms with Crippen molar-refractivity contribution in [2.45, 2.75) is 38.9 Å². The highest BCUT2D eigenvalue weighted by Gasteiger charge is 2.35. The molecule has 0 aromatic rings. The first kappa shape index (κ1) is 16.2. The predicted molar refractivity (Wildman–Crippen MR) is 81.0 cm³/mol. The predicted octanol–water partition coefficient (Wildman–Crippen LogP) is 1.09. The van der Waals surface area contributed by atoms with Gasteiger partial charge in [-0.3, -0.25) is 14.5 Å². The summed E-state index contributed by atoms with van der Waals surface area (Å²) in [5.41, 5.74) is 0. The Kier molecular flexibility index (Phi) is 5.53. The minimum Gasteiger partial charge on any atom is -0.371 e. The summed E-state index contributed by atoms with van der Waals surface area (Å²) >= 11 is 0. The highest BCUT2D eigenvalue weighted by atomic mass is 16.5. The van der Waals surface area contributed by atoms with Gasteiger partial charge in [-0.1, -0.05) is 19.9 Å². The van der Waals surface area contributed by atoms with Crippen LogP contribution in [-0.2, 0) is 14.3 Å². The van der Waals surface area contributed by atoms with E-state index in [0.717, 1.165) is 25.9 Å². The van der Waals surface area contributed by atoms with Crippen molar-refractivity contribution in [1.82, 2.24) is 9.80 Å². The van der Waals surface area contributed by atoms with Crippen LogP contribution in [0.15, 0.2) is 12.2 Å². The van der Waals surface area contributed by atoms with Crippen molar-refractivity contribution >= 4 is 11.7 Å². The topological polar surface area (TPSA) is 49.9 Å². The monoisotopic (exact) mass is 294 g/mol. The number of nitrogens with zero attached hydrogens (tertiary/aromatic N) is 2. The van der Waals surface area contributed by atoms with Crippen LogP contribution in [0.25, 0.3) is 0 Å². The number of hydrogen-bond acceptors (Lipinski definition) is 4. The normalized spacial score (nSPS) is 25.3. The molecule has 5 nitrogen and oxygen atoms in total. The van der Waals surface area contributed by atoms with Crippen molar-refractivity contribution in [2.75, 3.05) is 33.2 Å². The molecule has 2 fully saturated rings. The number of carbonyl (C=O) groups is 2. The number of likely N-dealkylation sites (tertiary alicyclic amines) is 1. The molecule has 21 heavy (non-hydrogen) atoms. The van der Waals surface area contributed by atoms with Gasteiger partial charge in [0.2, 0.25) is 5.91 Å². The molecular weight excluding hydrogens is 268 g/mol. The van der Waals surface area contributed by atoms with Gasteiger partial charge < -0.3 is 9.64 Å². The van der Waals surface area contributed by atoms with E-state index >= 15 is 0 Å². The van der Waals surface area contributed by atoms with Crippen LogP contribution in [0.5, 0.6) is 0 Å². The maximum Gasteiger partial charge on any atom is 0.236 e. The van der Waals surface area contributed by atoms with Gasteiger partial charge in [-0.05, 0) is 26.0 Å². The summed E-state index contributed by atoms with van der Waals surface area (Å²) in [6, 6.07) is 0. The minimum atomic E-state index is 0.0250. The molecule has 2 atom stereocenters. The number of morpholine rings is 1. The Morgan fingerprint density at radius 1 is 1.29 bits per heavy atom. The van der Waals surface area contributed by atoms with Crippen molar-refractivity contribution in [3.8, 4) is 0 Å². The standard InChI is InChI=1S/C16H26N2O3/c1-12(2)15(19)5-4-8-17(3)11-16(20)18-9-13-6-7-14(10-18)21-13/h4-5,12-14H,6-11H2,1-3H3/b5-4+. The van der Waals surface area contributed by atoms with E-state index in [2.05, 4.69) is 0 Å². The number of ketones is 1. The van der Waals surface area contributed by atoms with E-state index in [0.29, 0.717) is 13.1 Å². The molecule has 0 aromatic heterocycles. The average molecular weight is 294 g/mol. The van der Waals surface area contributed by atoms with Crippen molar-refractivity contribution in [2.24, 2.45) is 5.92 Å². The first-order valence-corrected chi connectivity index (χ1v) is 7.78. The number of hydrogen-bond donors (Lipinski definition) is 0. The fourth-order valence-electron chi connectivity index (χ4n) is 2.76. The Bertz CT molecular complexity index is 408. The van der Waals surface area contributed by atoms with Gasteiger partial charge in [0.1, 0.15) is 0 Å². The molecule has 0 aliphatic carbocycles. The van der Waals surface area contributed by atoms with Crippen molar-refractivity contribution in [3.05, 3.63) is 12.2 Å². The molecule has 0 saturated carbocycles. The fourth-order valence-corrected chi connectivity index (χ4v) is 2.76. The Balaban J connectivity index is 1.73. The summed E-state index contributed by atoms with van der Waals surface area (Å²) in [7, 11) is 1.90. The Hall–Kier alpha value is -1.20. The smallest absolute Gasteiger partial charge is 0.236 e. The Labute approximate surface area is 126 Å². The number of carbonyl (C=O) groups excluding carboxylic acids is 2. The van der Waals surface area contributed by atoms with E-state index in [-0.39, 0.29) is 29.8 Å². The highest BCUT2D eigenvalue weighted by Crippen LogP contribution is 2.26. The number of rotatable bonds is 6. The Morgan fingerprint density at radius 2 is 1.90 bits per heavy atom. The second-order valence-electron chi connectivity index (χ2n) is 6.41. The summed E-state index contributed by atoms with van der Waals surface area (Å²) in [5, 5.41) is 0. The number of allylic oxidation sites excluding steroid dienone is 1. The van der Waals surface area contributed by atoms with E-state index in [1.165, 1.54) is 0 Å². The number of ether oxygens (including phenoxy) is 1. The molecule has 1 amide bonds. The lowest BCUT2D eigenvalue weighted by molar-refractivity contribution is -0.140. The first-order valence-electron chi connectivity index (χ1n) is 7.78. The molecule has 5 heteroatoms. The maximum absolute atomic E-state index is 12.3. The molecule has 2 aliphatic heterocycles. The van der Waals surface area contributed by atoms with E-state index < -0.39 is 0 Å². The summed E-state index contributed by atoms with van der Waals surface area (Å²) in [4.78, 5) is 27.6. The molecule has 118 valence electrons. The summed E-state index contributed by atoms with van der Waals surface area (Å²) < 4.78 is 5.74. The van der Waals surface area contributed by atoms with Crippen LogP contribution < -0.4 is 0 Å². The molecule has 2 aliphatic rings. The zero-order valence-electron chi connectivity index (χ0n) is 13.2. The van der Waals surface area contributed by atoms with E-state index in [4.69, 9.17) is 4.74 Å². The number of likely N-dealkylation sites (N-methyl/N-ethyl adjacent to an activating group) is 1. The van der Waals surface area contributed by atoms with Crippen LogP contribution in [0.4, 0.5) is 0 Å². The SMILES string of the molecule is CC(C)C(=O)/C=C/CN(C)CC(=O)N1CC2CCC(C1)O2. The number of amides is 1.